The van der Waals surface area contributed by atoms with Gasteiger partial charge in [0.15, 0.2) is 11.5 Å². The summed E-state index contributed by atoms with van der Waals surface area (Å²) in [4.78, 5) is 2.36. The van der Waals surface area contributed by atoms with Crippen molar-refractivity contribution in [3.63, 3.8) is 0 Å². The highest BCUT2D eigenvalue weighted by Gasteiger charge is 2.26. The maximum Gasteiger partial charge on any atom is 0.161 e. The first kappa shape index (κ1) is 11.8. The monoisotopic (exact) mass is 272 g/mol. The zero-order valence-corrected chi connectivity index (χ0v) is 11.1. The van der Waals surface area contributed by atoms with Gasteiger partial charge >= 0.3 is 0 Å². The van der Waals surface area contributed by atoms with Crippen molar-refractivity contribution in [3.8, 4) is 11.5 Å². The predicted molar refractivity (Wildman–Crippen MR) is 71.8 cm³/mol. The standard InChI is InChI=1S/C15H16N2O3/c1-2-4-15-14(3-1)18-10-12(20-15)8-17-6-5-13-11(7-17)9-19-16-13/h1-4,9,12H,5-8,10H2/t12-/m0/s1. The molecule has 5 heteroatoms. The summed E-state index contributed by atoms with van der Waals surface area (Å²) < 4.78 is 16.8. The highest BCUT2D eigenvalue weighted by Crippen LogP contribution is 2.31. The van der Waals surface area contributed by atoms with Crippen molar-refractivity contribution in [1.82, 2.24) is 10.1 Å². The molecule has 0 saturated heterocycles. The Bertz CT molecular complexity index is 611. The number of fused-ring (bicyclic) bond motifs is 2. The number of aromatic nitrogens is 1. The van der Waals surface area contributed by atoms with Crippen LogP contribution in [0.1, 0.15) is 11.3 Å². The first-order valence-electron chi connectivity index (χ1n) is 6.91. The summed E-state index contributed by atoms with van der Waals surface area (Å²) in [6.45, 7) is 3.32. The lowest BCUT2D eigenvalue weighted by Gasteiger charge is -2.32. The molecule has 4 rings (SSSR count). The van der Waals surface area contributed by atoms with Crippen LogP contribution in [0.2, 0.25) is 0 Å². The molecule has 0 N–H and O–H groups in total. The van der Waals surface area contributed by atoms with E-state index in [0.29, 0.717) is 6.61 Å². The van der Waals surface area contributed by atoms with Crippen LogP contribution in [0.3, 0.4) is 0 Å². The van der Waals surface area contributed by atoms with E-state index >= 15 is 0 Å². The molecule has 1 aromatic carbocycles. The average molecular weight is 272 g/mol. The molecule has 1 aromatic heterocycles. The van der Waals surface area contributed by atoms with Gasteiger partial charge in [0, 0.05) is 31.6 Å². The molecule has 104 valence electrons. The third-order valence-electron chi connectivity index (χ3n) is 3.82. The van der Waals surface area contributed by atoms with Crippen molar-refractivity contribution < 1.29 is 14.0 Å². The number of hydrogen-bond acceptors (Lipinski definition) is 5. The second-order valence-electron chi connectivity index (χ2n) is 5.27. The van der Waals surface area contributed by atoms with Crippen LogP contribution in [0.5, 0.6) is 11.5 Å². The zero-order valence-electron chi connectivity index (χ0n) is 11.1. The first-order chi connectivity index (χ1) is 9.88. The van der Waals surface area contributed by atoms with Crippen LogP contribution < -0.4 is 9.47 Å². The van der Waals surface area contributed by atoms with Crippen LogP contribution in [-0.2, 0) is 13.0 Å². The Balaban J connectivity index is 1.42. The van der Waals surface area contributed by atoms with Gasteiger partial charge in [-0.25, -0.2) is 0 Å². The molecule has 0 spiro atoms. The molecule has 2 aliphatic rings. The molecule has 0 aliphatic carbocycles. The van der Waals surface area contributed by atoms with E-state index in [0.717, 1.165) is 43.2 Å². The van der Waals surface area contributed by atoms with Crippen molar-refractivity contribution in [2.75, 3.05) is 19.7 Å². The Morgan fingerprint density at radius 3 is 3.10 bits per heavy atom. The van der Waals surface area contributed by atoms with Crippen LogP contribution in [0.25, 0.3) is 0 Å². The minimum absolute atomic E-state index is 0.0753. The van der Waals surface area contributed by atoms with E-state index in [1.165, 1.54) is 5.56 Å². The van der Waals surface area contributed by atoms with Crippen LogP contribution in [0.4, 0.5) is 0 Å². The maximum absolute atomic E-state index is 6.00. The quantitative estimate of drug-likeness (QED) is 0.835. The third kappa shape index (κ3) is 2.14. The molecule has 5 nitrogen and oxygen atoms in total. The maximum atomic E-state index is 6.00. The van der Waals surface area contributed by atoms with Gasteiger partial charge in [-0.2, -0.15) is 0 Å². The number of nitrogens with zero attached hydrogens (tertiary/aromatic N) is 2. The van der Waals surface area contributed by atoms with E-state index < -0.39 is 0 Å². The SMILES string of the molecule is c1ccc2c(c1)OC[C@H](CN1CCc3nocc3C1)O2. The van der Waals surface area contributed by atoms with Crippen LogP contribution in [0, 0.1) is 0 Å². The Morgan fingerprint density at radius 2 is 2.15 bits per heavy atom. The molecule has 0 radical (unpaired) electrons. The topological polar surface area (TPSA) is 47.7 Å². The Labute approximate surface area is 117 Å². The lowest BCUT2D eigenvalue weighted by molar-refractivity contribution is 0.0548. The Kier molecular flexibility index (Phi) is 2.85. The highest BCUT2D eigenvalue weighted by atomic mass is 16.6. The molecule has 20 heavy (non-hydrogen) atoms. The molecule has 2 aliphatic heterocycles. The lowest BCUT2D eigenvalue weighted by atomic mass is 10.1. The minimum atomic E-state index is 0.0753. The summed E-state index contributed by atoms with van der Waals surface area (Å²) in [6.07, 6.45) is 2.76. The van der Waals surface area contributed by atoms with Crippen molar-refractivity contribution in [3.05, 3.63) is 41.8 Å². The second-order valence-corrected chi connectivity index (χ2v) is 5.27. The molecule has 1 atom stereocenters. The third-order valence-corrected chi connectivity index (χ3v) is 3.82. The fourth-order valence-corrected chi connectivity index (χ4v) is 2.80. The van der Waals surface area contributed by atoms with Crippen molar-refractivity contribution in [2.24, 2.45) is 0 Å². The minimum Gasteiger partial charge on any atom is -0.486 e. The number of hydrogen-bond donors (Lipinski definition) is 0. The van der Waals surface area contributed by atoms with Gasteiger partial charge < -0.3 is 14.0 Å². The summed E-state index contributed by atoms with van der Waals surface area (Å²) in [6, 6.07) is 7.82. The van der Waals surface area contributed by atoms with Gasteiger partial charge in [0.25, 0.3) is 0 Å². The van der Waals surface area contributed by atoms with Crippen molar-refractivity contribution in [1.29, 1.82) is 0 Å². The van der Waals surface area contributed by atoms with E-state index in [9.17, 15) is 0 Å². The molecular weight excluding hydrogens is 256 g/mol. The predicted octanol–water partition coefficient (Wildman–Crippen LogP) is 1.87. The molecule has 0 saturated carbocycles. The molecule has 0 unspecified atom stereocenters. The molecular formula is C15H16N2O3. The van der Waals surface area contributed by atoms with Crippen LogP contribution >= 0.6 is 0 Å². The molecule has 2 aromatic rings. The highest BCUT2D eigenvalue weighted by molar-refractivity contribution is 5.40. The van der Waals surface area contributed by atoms with Crippen LogP contribution in [-0.4, -0.2) is 35.9 Å². The van der Waals surface area contributed by atoms with Gasteiger partial charge in [-0.3, -0.25) is 4.90 Å². The zero-order chi connectivity index (χ0) is 13.4. The lowest BCUT2D eigenvalue weighted by Crippen LogP contribution is -2.42. The number of para-hydroxylation sites is 2. The van der Waals surface area contributed by atoms with E-state index in [4.69, 9.17) is 14.0 Å². The van der Waals surface area contributed by atoms with E-state index in [1.54, 1.807) is 6.26 Å². The Morgan fingerprint density at radius 1 is 1.25 bits per heavy atom. The fourth-order valence-electron chi connectivity index (χ4n) is 2.80. The van der Waals surface area contributed by atoms with Gasteiger partial charge in [0.1, 0.15) is 19.0 Å². The number of benzene rings is 1. The Hall–Kier alpha value is -2.01. The van der Waals surface area contributed by atoms with Gasteiger partial charge in [0.2, 0.25) is 0 Å². The number of rotatable bonds is 2. The van der Waals surface area contributed by atoms with E-state index in [-0.39, 0.29) is 6.10 Å². The van der Waals surface area contributed by atoms with Crippen molar-refractivity contribution in [2.45, 2.75) is 19.1 Å². The molecule has 0 bridgehead atoms. The summed E-state index contributed by atoms with van der Waals surface area (Å²) in [5.41, 5.74) is 2.28. The van der Waals surface area contributed by atoms with Crippen molar-refractivity contribution >= 4 is 0 Å². The normalized spacial score (nSPS) is 21.5. The first-order valence-corrected chi connectivity index (χ1v) is 6.91. The summed E-state index contributed by atoms with van der Waals surface area (Å²) in [7, 11) is 0. The van der Waals surface area contributed by atoms with Gasteiger partial charge in [-0.15, -0.1) is 0 Å². The largest absolute Gasteiger partial charge is 0.486 e. The molecule has 3 heterocycles. The van der Waals surface area contributed by atoms with Gasteiger partial charge in [-0.1, -0.05) is 17.3 Å². The van der Waals surface area contributed by atoms with Gasteiger partial charge in [0.05, 0.1) is 5.69 Å². The summed E-state index contributed by atoms with van der Waals surface area (Å²) in [5, 5.41) is 4.01. The van der Waals surface area contributed by atoms with Crippen LogP contribution in [0.15, 0.2) is 35.1 Å². The second kappa shape index (κ2) is 4.83. The summed E-state index contributed by atoms with van der Waals surface area (Å²) >= 11 is 0. The average Bonchev–Trinajstić information content (AvgIpc) is 2.95. The van der Waals surface area contributed by atoms with E-state index in [1.807, 2.05) is 24.3 Å². The smallest absolute Gasteiger partial charge is 0.161 e. The molecule has 0 amide bonds. The fraction of sp³-hybridized carbons (Fsp3) is 0.400. The van der Waals surface area contributed by atoms with Gasteiger partial charge in [-0.05, 0) is 12.1 Å². The van der Waals surface area contributed by atoms with E-state index in [2.05, 4.69) is 10.1 Å². The summed E-state index contributed by atoms with van der Waals surface area (Å²) in [5.74, 6) is 1.68. The number of ether oxygens (including phenoxy) is 2. The molecule has 0 fully saturated rings.